The molecule has 290 valence electrons. The predicted octanol–water partition coefficient (Wildman–Crippen LogP) is 15.1. The van der Waals surface area contributed by atoms with Gasteiger partial charge in [0.05, 0.1) is 0 Å². The Kier molecular flexibility index (Phi) is 39.6. The van der Waals surface area contributed by atoms with Crippen molar-refractivity contribution < 1.29 is 19.4 Å². The Morgan fingerprint density at radius 3 is 1.24 bits per heavy atom. The van der Waals surface area contributed by atoms with Crippen LogP contribution >= 0.6 is 0 Å². The highest BCUT2D eigenvalue weighted by Gasteiger charge is 2.14. The van der Waals surface area contributed by atoms with E-state index in [2.05, 4.69) is 62.5 Å². The van der Waals surface area contributed by atoms with Gasteiger partial charge in [-0.05, 0) is 83.5 Å². The number of rotatable bonds is 39. The summed E-state index contributed by atoms with van der Waals surface area (Å²) in [5.41, 5.74) is 0. The number of allylic oxidation sites excluding steroid dienone is 8. The summed E-state index contributed by atoms with van der Waals surface area (Å²) in [4.78, 5) is 23.5. The van der Waals surface area contributed by atoms with Crippen LogP contribution in [-0.2, 0) is 14.3 Å². The summed E-state index contributed by atoms with van der Waals surface area (Å²) >= 11 is 0. The molecule has 0 heterocycles. The first-order chi connectivity index (χ1) is 24.6. The molecular weight excluding hydrogens is 617 g/mol. The molecule has 0 aromatic carbocycles. The van der Waals surface area contributed by atoms with Crippen molar-refractivity contribution in [1.82, 2.24) is 0 Å². The van der Waals surface area contributed by atoms with Crippen molar-refractivity contribution >= 4 is 11.9 Å². The second kappa shape index (κ2) is 41.3. The van der Waals surface area contributed by atoms with Crippen LogP contribution in [0.3, 0.4) is 0 Å². The summed E-state index contributed by atoms with van der Waals surface area (Å²) in [5.74, 6) is -0.784. The van der Waals surface area contributed by atoms with E-state index >= 15 is 0 Å². The number of unbranched alkanes of at least 4 members (excludes halogenated alkanes) is 22. The smallest absolute Gasteiger partial charge is 0.306 e. The molecule has 0 fully saturated rings. The Morgan fingerprint density at radius 2 is 0.780 bits per heavy atom. The third-order valence-electron chi connectivity index (χ3n) is 9.55. The molecule has 4 nitrogen and oxygen atoms in total. The average Bonchev–Trinajstić information content (AvgIpc) is 3.10. The van der Waals surface area contributed by atoms with Gasteiger partial charge in [0.1, 0.15) is 6.10 Å². The fourth-order valence-corrected chi connectivity index (χ4v) is 6.34. The van der Waals surface area contributed by atoms with Gasteiger partial charge in [0.2, 0.25) is 0 Å². The molecule has 50 heavy (non-hydrogen) atoms. The average molecular weight is 699 g/mol. The first-order valence-corrected chi connectivity index (χ1v) is 21.6. The molecule has 0 rings (SSSR count). The lowest BCUT2D eigenvalue weighted by Crippen LogP contribution is -2.18. The summed E-state index contributed by atoms with van der Waals surface area (Å²) in [5, 5.41) is 8.92. The lowest BCUT2D eigenvalue weighted by atomic mass is 10.0. The number of aliphatic carboxylic acids is 1. The normalized spacial score (nSPS) is 12.7. The van der Waals surface area contributed by atoms with Crippen molar-refractivity contribution in [1.29, 1.82) is 0 Å². The number of esters is 1. The lowest BCUT2D eigenvalue weighted by Gasteiger charge is -2.18. The van der Waals surface area contributed by atoms with Crippen molar-refractivity contribution in [3.8, 4) is 0 Å². The van der Waals surface area contributed by atoms with E-state index in [0.29, 0.717) is 12.8 Å². The molecule has 1 N–H and O–H groups in total. The molecule has 0 bridgehead atoms. The highest BCUT2D eigenvalue weighted by molar-refractivity contribution is 5.69. The van der Waals surface area contributed by atoms with Gasteiger partial charge in [-0.1, -0.05) is 178 Å². The molecule has 0 aliphatic carbocycles. The van der Waals surface area contributed by atoms with Gasteiger partial charge in [-0.2, -0.15) is 0 Å². The molecule has 0 aliphatic heterocycles. The largest absolute Gasteiger partial charge is 0.481 e. The molecule has 4 heteroatoms. The second-order valence-corrected chi connectivity index (χ2v) is 14.5. The first kappa shape index (κ1) is 47.9. The molecule has 0 amide bonds. The van der Waals surface area contributed by atoms with Crippen molar-refractivity contribution in [3.63, 3.8) is 0 Å². The Bertz CT molecular complexity index is 839. The minimum absolute atomic E-state index is 0.0158. The van der Waals surface area contributed by atoms with Gasteiger partial charge < -0.3 is 9.84 Å². The second-order valence-electron chi connectivity index (χ2n) is 14.5. The number of carbonyl (C=O) groups excluding carboxylic acids is 1. The molecular formula is C46H82O4. The Hall–Kier alpha value is -2.10. The van der Waals surface area contributed by atoms with E-state index in [9.17, 15) is 9.59 Å². The van der Waals surface area contributed by atoms with E-state index in [1.165, 1.54) is 116 Å². The number of carboxylic acids is 1. The van der Waals surface area contributed by atoms with Crippen LogP contribution in [0.5, 0.6) is 0 Å². The fraction of sp³-hybridized carbons (Fsp3) is 0.783. The Morgan fingerprint density at radius 1 is 0.440 bits per heavy atom. The maximum absolute atomic E-state index is 12.6. The number of ether oxygens (including phenoxy) is 1. The van der Waals surface area contributed by atoms with Gasteiger partial charge in [-0.3, -0.25) is 9.59 Å². The van der Waals surface area contributed by atoms with Crippen LogP contribution < -0.4 is 0 Å². The van der Waals surface area contributed by atoms with E-state index in [1.54, 1.807) is 0 Å². The van der Waals surface area contributed by atoms with Crippen LogP contribution in [-0.4, -0.2) is 23.1 Å². The molecule has 0 saturated carbocycles. The summed E-state index contributed by atoms with van der Waals surface area (Å²) in [6.45, 7) is 4.53. The highest BCUT2D eigenvalue weighted by atomic mass is 16.5. The molecule has 0 aromatic rings. The van der Waals surface area contributed by atoms with Gasteiger partial charge in [-0.15, -0.1) is 0 Å². The summed E-state index contributed by atoms with van der Waals surface area (Å²) in [7, 11) is 0. The zero-order valence-corrected chi connectivity index (χ0v) is 33.2. The summed E-state index contributed by atoms with van der Waals surface area (Å²) in [6, 6.07) is 0. The molecule has 0 radical (unpaired) electrons. The third-order valence-corrected chi connectivity index (χ3v) is 9.55. The van der Waals surface area contributed by atoms with Crippen LogP contribution in [0, 0.1) is 0 Å². The number of hydrogen-bond acceptors (Lipinski definition) is 3. The summed E-state index contributed by atoms with van der Waals surface area (Å²) < 4.78 is 5.95. The number of carboxylic acid groups (broad SMARTS) is 1. The van der Waals surface area contributed by atoms with Gasteiger partial charge in [0.15, 0.2) is 0 Å². The topological polar surface area (TPSA) is 63.6 Å². The lowest BCUT2D eigenvalue weighted by molar-refractivity contribution is -0.150. The van der Waals surface area contributed by atoms with Gasteiger partial charge in [-0.25, -0.2) is 0 Å². The first-order valence-electron chi connectivity index (χ1n) is 21.6. The Labute approximate surface area is 311 Å². The van der Waals surface area contributed by atoms with Crippen molar-refractivity contribution in [2.75, 3.05) is 0 Å². The van der Waals surface area contributed by atoms with Gasteiger partial charge in [0, 0.05) is 12.8 Å². The maximum Gasteiger partial charge on any atom is 0.306 e. The van der Waals surface area contributed by atoms with Crippen molar-refractivity contribution in [2.24, 2.45) is 0 Å². The van der Waals surface area contributed by atoms with E-state index < -0.39 is 5.97 Å². The minimum atomic E-state index is -0.728. The molecule has 0 aromatic heterocycles. The third kappa shape index (κ3) is 40.3. The van der Waals surface area contributed by atoms with E-state index in [4.69, 9.17) is 9.84 Å². The van der Waals surface area contributed by atoms with Crippen LogP contribution in [0.15, 0.2) is 48.6 Å². The predicted molar refractivity (Wildman–Crippen MR) is 218 cm³/mol. The molecule has 1 atom stereocenters. The van der Waals surface area contributed by atoms with Crippen molar-refractivity contribution in [2.45, 2.75) is 232 Å². The van der Waals surface area contributed by atoms with Crippen LogP contribution in [0.1, 0.15) is 226 Å². The van der Waals surface area contributed by atoms with E-state index in [0.717, 1.165) is 77.0 Å². The number of carbonyl (C=O) groups is 2. The SMILES string of the molecule is CCCCC/C=C\C/C=C\C/C=C\C/C=C\CCCCCC(=O)OC(CCCCCCCCCCCCCCCCC)CCCCCC(=O)O. The quantitative estimate of drug-likeness (QED) is 0.0394. The standard InChI is InChI=1S/C46H82O4/c1-3-5-7-9-11-13-15-17-19-20-21-22-24-26-28-30-32-34-39-43-46(49)50-44(41-37-35-38-42-45(47)48)40-36-33-31-29-27-25-23-18-16-14-12-10-8-6-4-2/h11,13,17,19,21-22,26,28,44H,3-10,12,14-16,18,20,23-25,27,29-43H2,1-2H3,(H,47,48)/b13-11-,19-17-,22-21-,28-26-. The van der Waals surface area contributed by atoms with Gasteiger partial charge in [0.25, 0.3) is 0 Å². The van der Waals surface area contributed by atoms with E-state index in [1.807, 2.05) is 0 Å². The van der Waals surface area contributed by atoms with Gasteiger partial charge >= 0.3 is 11.9 Å². The molecule has 0 spiro atoms. The van der Waals surface area contributed by atoms with Crippen molar-refractivity contribution in [3.05, 3.63) is 48.6 Å². The maximum atomic E-state index is 12.6. The summed E-state index contributed by atoms with van der Waals surface area (Å²) in [6.07, 6.45) is 55.6. The van der Waals surface area contributed by atoms with E-state index in [-0.39, 0.29) is 18.5 Å². The number of hydrogen-bond donors (Lipinski definition) is 1. The molecule has 0 aliphatic rings. The zero-order valence-electron chi connectivity index (χ0n) is 33.2. The Balaban J connectivity index is 3.99. The van der Waals surface area contributed by atoms with Crippen LogP contribution in [0.4, 0.5) is 0 Å². The minimum Gasteiger partial charge on any atom is -0.481 e. The molecule has 0 saturated heterocycles. The highest BCUT2D eigenvalue weighted by Crippen LogP contribution is 2.19. The van der Waals surface area contributed by atoms with Crippen LogP contribution in [0.25, 0.3) is 0 Å². The van der Waals surface area contributed by atoms with Crippen LogP contribution in [0.2, 0.25) is 0 Å². The zero-order chi connectivity index (χ0) is 36.4. The monoisotopic (exact) mass is 699 g/mol. The fourth-order valence-electron chi connectivity index (χ4n) is 6.34. The molecule has 1 unspecified atom stereocenters.